The van der Waals surface area contributed by atoms with Gasteiger partial charge >= 0.3 is 11.9 Å². The summed E-state index contributed by atoms with van der Waals surface area (Å²) >= 11 is 0. The molecule has 0 spiro atoms. The maximum atomic E-state index is 10.8. The Morgan fingerprint density at radius 1 is 1.00 bits per heavy atom. The monoisotopic (exact) mass is 259 g/mol. The molecular formula is C14H13NO4. The largest absolute Gasteiger partial charge is 0.481 e. The molecule has 2 aromatic rings. The SMILES string of the molecule is O=C(O)C(Cc1ccc(-n2cccc2)cc1)C(=O)O. The molecule has 0 amide bonds. The number of benzene rings is 1. The number of aromatic nitrogens is 1. The summed E-state index contributed by atoms with van der Waals surface area (Å²) in [6.45, 7) is 0. The lowest BCUT2D eigenvalue weighted by molar-refractivity contribution is -0.154. The Balaban J connectivity index is 2.15. The molecule has 0 unspecified atom stereocenters. The van der Waals surface area contributed by atoms with Gasteiger partial charge in [0.25, 0.3) is 0 Å². The predicted molar refractivity (Wildman–Crippen MR) is 68.2 cm³/mol. The van der Waals surface area contributed by atoms with Gasteiger partial charge < -0.3 is 14.8 Å². The molecule has 1 aromatic heterocycles. The number of aliphatic carboxylic acids is 2. The quantitative estimate of drug-likeness (QED) is 0.802. The Labute approximate surface area is 109 Å². The topological polar surface area (TPSA) is 79.5 Å². The van der Waals surface area contributed by atoms with Crippen LogP contribution >= 0.6 is 0 Å². The van der Waals surface area contributed by atoms with Gasteiger partial charge in [-0.3, -0.25) is 9.59 Å². The second-order valence-corrected chi connectivity index (χ2v) is 4.19. The maximum Gasteiger partial charge on any atom is 0.318 e. The third kappa shape index (κ3) is 3.01. The zero-order chi connectivity index (χ0) is 13.8. The molecule has 98 valence electrons. The molecule has 2 N–H and O–H groups in total. The fourth-order valence-corrected chi connectivity index (χ4v) is 1.83. The molecule has 5 nitrogen and oxygen atoms in total. The van der Waals surface area contributed by atoms with E-state index in [2.05, 4.69) is 0 Å². The molecule has 0 aliphatic carbocycles. The van der Waals surface area contributed by atoms with E-state index in [0.717, 1.165) is 5.69 Å². The van der Waals surface area contributed by atoms with Gasteiger partial charge in [-0.25, -0.2) is 0 Å². The van der Waals surface area contributed by atoms with Gasteiger partial charge in [-0.2, -0.15) is 0 Å². The number of hydrogen-bond acceptors (Lipinski definition) is 2. The fraction of sp³-hybridized carbons (Fsp3) is 0.143. The van der Waals surface area contributed by atoms with Gasteiger partial charge in [-0.05, 0) is 36.2 Å². The van der Waals surface area contributed by atoms with Crippen molar-refractivity contribution in [3.8, 4) is 5.69 Å². The molecule has 1 aromatic carbocycles. The van der Waals surface area contributed by atoms with Gasteiger partial charge in [0.05, 0.1) is 0 Å². The molecular weight excluding hydrogens is 246 g/mol. The first-order valence-electron chi connectivity index (χ1n) is 5.76. The number of carboxylic acids is 2. The lowest BCUT2D eigenvalue weighted by Crippen LogP contribution is -2.25. The average molecular weight is 259 g/mol. The van der Waals surface area contributed by atoms with Crippen LogP contribution in [-0.4, -0.2) is 26.7 Å². The number of nitrogens with zero attached hydrogens (tertiary/aromatic N) is 1. The first-order chi connectivity index (χ1) is 9.08. The highest BCUT2D eigenvalue weighted by Crippen LogP contribution is 2.14. The summed E-state index contributed by atoms with van der Waals surface area (Å²) in [5.41, 5.74) is 1.63. The van der Waals surface area contributed by atoms with Crippen LogP contribution in [0.4, 0.5) is 0 Å². The molecule has 0 radical (unpaired) electrons. The highest BCUT2D eigenvalue weighted by molar-refractivity contribution is 5.93. The Hall–Kier alpha value is -2.56. The molecule has 0 saturated heterocycles. The molecule has 5 heteroatoms. The summed E-state index contributed by atoms with van der Waals surface area (Å²) < 4.78 is 1.91. The van der Waals surface area contributed by atoms with Gasteiger partial charge in [0.15, 0.2) is 5.92 Å². The van der Waals surface area contributed by atoms with Crippen molar-refractivity contribution in [2.75, 3.05) is 0 Å². The normalized spacial score (nSPS) is 10.6. The fourth-order valence-electron chi connectivity index (χ4n) is 1.83. The second-order valence-electron chi connectivity index (χ2n) is 4.19. The van der Waals surface area contributed by atoms with E-state index in [1.165, 1.54) is 0 Å². The van der Waals surface area contributed by atoms with Crippen molar-refractivity contribution >= 4 is 11.9 Å². The summed E-state index contributed by atoms with van der Waals surface area (Å²) in [7, 11) is 0. The highest BCUT2D eigenvalue weighted by Gasteiger charge is 2.25. The van der Waals surface area contributed by atoms with E-state index in [1.54, 1.807) is 12.1 Å². The highest BCUT2D eigenvalue weighted by atomic mass is 16.4. The molecule has 1 heterocycles. The van der Waals surface area contributed by atoms with Gasteiger partial charge in [0, 0.05) is 18.1 Å². The molecule has 0 aliphatic rings. The lowest BCUT2D eigenvalue weighted by Gasteiger charge is -2.08. The molecule has 0 saturated carbocycles. The van der Waals surface area contributed by atoms with Crippen molar-refractivity contribution in [2.45, 2.75) is 6.42 Å². The smallest absolute Gasteiger partial charge is 0.318 e. The van der Waals surface area contributed by atoms with Crippen LogP contribution in [0.2, 0.25) is 0 Å². The van der Waals surface area contributed by atoms with Crippen LogP contribution in [0.3, 0.4) is 0 Å². The van der Waals surface area contributed by atoms with Crippen LogP contribution in [0, 0.1) is 5.92 Å². The van der Waals surface area contributed by atoms with Crippen molar-refractivity contribution in [2.24, 2.45) is 5.92 Å². The van der Waals surface area contributed by atoms with E-state index in [4.69, 9.17) is 10.2 Å². The van der Waals surface area contributed by atoms with Gasteiger partial charge in [0.2, 0.25) is 0 Å². The minimum absolute atomic E-state index is 0.0172. The van der Waals surface area contributed by atoms with E-state index in [0.29, 0.717) is 5.56 Å². The molecule has 0 aliphatic heterocycles. The zero-order valence-corrected chi connectivity index (χ0v) is 10.1. The van der Waals surface area contributed by atoms with Crippen molar-refractivity contribution in [1.29, 1.82) is 0 Å². The zero-order valence-electron chi connectivity index (χ0n) is 10.1. The number of hydrogen-bond donors (Lipinski definition) is 2. The summed E-state index contributed by atoms with van der Waals surface area (Å²) in [6, 6.07) is 11.0. The second kappa shape index (κ2) is 5.39. The lowest BCUT2D eigenvalue weighted by atomic mass is 9.99. The van der Waals surface area contributed by atoms with Crippen molar-refractivity contribution in [3.05, 3.63) is 54.4 Å². The Morgan fingerprint density at radius 2 is 1.53 bits per heavy atom. The minimum atomic E-state index is -1.41. The Kier molecular flexibility index (Phi) is 3.66. The molecule has 19 heavy (non-hydrogen) atoms. The van der Waals surface area contributed by atoms with E-state index < -0.39 is 17.9 Å². The van der Waals surface area contributed by atoms with Crippen LogP contribution < -0.4 is 0 Å². The minimum Gasteiger partial charge on any atom is -0.481 e. The van der Waals surface area contributed by atoms with Crippen LogP contribution in [-0.2, 0) is 16.0 Å². The molecule has 2 rings (SSSR count). The predicted octanol–water partition coefficient (Wildman–Crippen LogP) is 1.81. The summed E-state index contributed by atoms with van der Waals surface area (Å²) in [5, 5.41) is 17.6. The summed E-state index contributed by atoms with van der Waals surface area (Å²) in [4.78, 5) is 21.6. The van der Waals surface area contributed by atoms with E-state index in [1.807, 2.05) is 41.2 Å². The summed E-state index contributed by atoms with van der Waals surface area (Å²) in [6.07, 6.45) is 3.77. The van der Waals surface area contributed by atoms with Crippen LogP contribution in [0.5, 0.6) is 0 Å². The Morgan fingerprint density at radius 3 is 2.00 bits per heavy atom. The molecule has 0 fully saturated rings. The molecule has 0 bridgehead atoms. The first kappa shape index (κ1) is 12.9. The third-order valence-corrected chi connectivity index (χ3v) is 2.87. The van der Waals surface area contributed by atoms with Gasteiger partial charge in [0.1, 0.15) is 0 Å². The third-order valence-electron chi connectivity index (χ3n) is 2.87. The van der Waals surface area contributed by atoms with Crippen molar-refractivity contribution < 1.29 is 19.8 Å². The van der Waals surface area contributed by atoms with Crippen LogP contribution in [0.15, 0.2) is 48.8 Å². The standard InChI is InChI=1S/C14H13NO4/c16-13(17)12(14(18)19)9-10-3-5-11(6-4-10)15-7-1-2-8-15/h1-8,12H,9H2,(H,16,17)(H,18,19). The van der Waals surface area contributed by atoms with Crippen LogP contribution in [0.1, 0.15) is 5.56 Å². The van der Waals surface area contributed by atoms with E-state index in [9.17, 15) is 9.59 Å². The number of carboxylic acid groups (broad SMARTS) is 2. The first-order valence-corrected chi connectivity index (χ1v) is 5.76. The maximum absolute atomic E-state index is 10.8. The van der Waals surface area contributed by atoms with Crippen LogP contribution in [0.25, 0.3) is 5.69 Å². The summed E-state index contributed by atoms with van der Waals surface area (Å²) in [5.74, 6) is -4.04. The van der Waals surface area contributed by atoms with Gasteiger partial charge in [-0.1, -0.05) is 12.1 Å². The van der Waals surface area contributed by atoms with E-state index in [-0.39, 0.29) is 6.42 Å². The van der Waals surface area contributed by atoms with Gasteiger partial charge in [-0.15, -0.1) is 0 Å². The number of rotatable bonds is 5. The van der Waals surface area contributed by atoms with E-state index >= 15 is 0 Å². The van der Waals surface area contributed by atoms with Crippen molar-refractivity contribution in [1.82, 2.24) is 4.57 Å². The average Bonchev–Trinajstić information content (AvgIpc) is 2.89. The molecule has 0 atom stereocenters. The Bertz CT molecular complexity index is 558. The number of carbonyl (C=O) groups is 2. The van der Waals surface area contributed by atoms with Crippen molar-refractivity contribution in [3.63, 3.8) is 0 Å².